The van der Waals surface area contributed by atoms with Crippen molar-refractivity contribution in [1.82, 2.24) is 20.5 Å². The molecule has 6 heteroatoms. The number of halogens is 2. The number of benzene rings is 1. The van der Waals surface area contributed by atoms with Gasteiger partial charge in [0, 0.05) is 41.2 Å². The summed E-state index contributed by atoms with van der Waals surface area (Å²) >= 11 is 0. The molecule has 36 heavy (non-hydrogen) atoms. The molecule has 0 bridgehead atoms. The smallest absolute Gasteiger partial charge is 0.270 e. The van der Waals surface area contributed by atoms with Crippen molar-refractivity contribution >= 4 is 16.7 Å². The number of aryl methyl sites for hydroxylation is 4. The van der Waals surface area contributed by atoms with E-state index in [1.54, 1.807) is 6.92 Å². The summed E-state index contributed by atoms with van der Waals surface area (Å²) in [6, 6.07) is 8.29. The number of hydrogen-bond donors (Lipinski definition) is 2. The second-order valence-electron chi connectivity index (χ2n) is 8.85. The summed E-state index contributed by atoms with van der Waals surface area (Å²) in [5.41, 5.74) is 7.69. The van der Waals surface area contributed by atoms with E-state index in [-0.39, 0.29) is 5.57 Å². The van der Waals surface area contributed by atoms with Gasteiger partial charge in [-0.2, -0.15) is 5.10 Å². The fraction of sp³-hybridized carbons (Fsp3) is 0.333. The van der Waals surface area contributed by atoms with Crippen LogP contribution in [0.1, 0.15) is 62.1 Å². The number of hydrogen-bond acceptors (Lipinski definition) is 3. The van der Waals surface area contributed by atoms with Gasteiger partial charge in [-0.15, -0.1) is 0 Å². The number of alkyl halides is 2. The highest BCUT2D eigenvalue weighted by molar-refractivity contribution is 5.77. The van der Waals surface area contributed by atoms with Crippen LogP contribution < -0.4 is 5.32 Å². The van der Waals surface area contributed by atoms with E-state index in [2.05, 4.69) is 72.6 Å². The zero-order chi connectivity index (χ0) is 26.9. The minimum absolute atomic E-state index is 0.0628. The summed E-state index contributed by atoms with van der Waals surface area (Å²) in [4.78, 5) is 4.23. The van der Waals surface area contributed by atoms with Crippen molar-refractivity contribution < 1.29 is 8.78 Å². The van der Waals surface area contributed by atoms with E-state index < -0.39 is 5.92 Å². The predicted octanol–water partition coefficient (Wildman–Crippen LogP) is 8.01. The highest BCUT2D eigenvalue weighted by Crippen LogP contribution is 2.25. The van der Waals surface area contributed by atoms with E-state index in [0.717, 1.165) is 48.5 Å². The number of pyridine rings is 1. The maximum Gasteiger partial charge on any atom is 0.270 e. The van der Waals surface area contributed by atoms with Crippen molar-refractivity contribution in [3.63, 3.8) is 0 Å². The Hall–Kier alpha value is -3.54. The first-order valence-electron chi connectivity index (χ1n) is 12.3. The Bertz CT molecular complexity index is 1260. The number of nitrogens with zero attached hydrogens (tertiary/aromatic N) is 2. The number of fused-ring (bicyclic) bond motifs is 1. The lowest BCUT2D eigenvalue weighted by atomic mass is 10.0. The molecule has 0 saturated heterocycles. The van der Waals surface area contributed by atoms with Gasteiger partial charge in [0.15, 0.2) is 5.65 Å². The Morgan fingerprint density at radius 3 is 2.47 bits per heavy atom. The second kappa shape index (κ2) is 13.0. The Morgan fingerprint density at radius 1 is 1.19 bits per heavy atom. The quantitative estimate of drug-likeness (QED) is 0.298. The number of allylic oxidation sites excluding steroid dienone is 4. The van der Waals surface area contributed by atoms with Gasteiger partial charge in [0.2, 0.25) is 0 Å². The van der Waals surface area contributed by atoms with Gasteiger partial charge in [-0.1, -0.05) is 51.6 Å². The van der Waals surface area contributed by atoms with E-state index in [4.69, 9.17) is 0 Å². The highest BCUT2D eigenvalue weighted by atomic mass is 19.3. The van der Waals surface area contributed by atoms with Crippen molar-refractivity contribution in [2.45, 2.75) is 66.7 Å². The molecule has 0 radical (unpaired) electrons. The van der Waals surface area contributed by atoms with Crippen LogP contribution in [0.3, 0.4) is 0 Å². The van der Waals surface area contributed by atoms with E-state index in [9.17, 15) is 8.78 Å². The first-order chi connectivity index (χ1) is 17.0. The topological polar surface area (TPSA) is 53.6 Å². The highest BCUT2D eigenvalue weighted by Gasteiger charge is 2.25. The molecule has 0 aliphatic heterocycles. The zero-order valence-electron chi connectivity index (χ0n) is 22.3. The summed E-state index contributed by atoms with van der Waals surface area (Å²) in [5.74, 6) is -2.90. The van der Waals surface area contributed by atoms with Gasteiger partial charge in [-0.25, -0.2) is 13.8 Å². The van der Waals surface area contributed by atoms with Crippen LogP contribution in [-0.4, -0.2) is 21.1 Å². The first kappa shape index (κ1) is 28.7. The lowest BCUT2D eigenvalue weighted by Gasteiger charge is -2.16. The molecular weight excluding hydrogens is 454 g/mol. The molecule has 0 unspecified atom stereocenters. The molecule has 4 nitrogen and oxygen atoms in total. The number of aromatic amines is 1. The molecule has 2 heterocycles. The first-order valence-corrected chi connectivity index (χ1v) is 12.3. The molecule has 0 spiro atoms. The van der Waals surface area contributed by atoms with E-state index in [1.165, 1.54) is 34.9 Å². The molecule has 0 atom stereocenters. The van der Waals surface area contributed by atoms with Crippen molar-refractivity contribution in [3.8, 4) is 0 Å². The lowest BCUT2D eigenvalue weighted by Crippen LogP contribution is -2.15. The Balaban J connectivity index is 0.000000313. The van der Waals surface area contributed by atoms with Crippen molar-refractivity contribution in [2.24, 2.45) is 0 Å². The van der Waals surface area contributed by atoms with Crippen LogP contribution in [0, 0.1) is 13.8 Å². The SMILES string of the molecule is C=C/C(=C\C(=C/C)C(C)(F)F)NC(=C)c1ccc(CCC)c(C)c1.CCc1cnc2n[nH]c(C)c2c1. The van der Waals surface area contributed by atoms with E-state index in [0.29, 0.717) is 11.4 Å². The van der Waals surface area contributed by atoms with Gasteiger partial charge in [0.05, 0.1) is 0 Å². The molecule has 3 aromatic rings. The third-order valence-corrected chi connectivity index (χ3v) is 5.92. The van der Waals surface area contributed by atoms with Crippen LogP contribution in [0.15, 0.2) is 73.1 Å². The van der Waals surface area contributed by atoms with Crippen LogP contribution in [0.4, 0.5) is 8.78 Å². The molecule has 192 valence electrons. The average molecular weight is 493 g/mol. The molecule has 1 aromatic carbocycles. The Morgan fingerprint density at radius 2 is 1.92 bits per heavy atom. The zero-order valence-corrected chi connectivity index (χ0v) is 22.3. The van der Waals surface area contributed by atoms with Gasteiger partial charge < -0.3 is 5.32 Å². The maximum absolute atomic E-state index is 13.5. The van der Waals surface area contributed by atoms with Crippen LogP contribution in [0.5, 0.6) is 0 Å². The molecule has 2 N–H and O–H groups in total. The van der Waals surface area contributed by atoms with E-state index in [1.807, 2.05) is 19.2 Å². The van der Waals surface area contributed by atoms with Gasteiger partial charge >= 0.3 is 0 Å². The molecule has 3 rings (SSSR count). The third-order valence-electron chi connectivity index (χ3n) is 5.92. The molecule has 0 saturated carbocycles. The summed E-state index contributed by atoms with van der Waals surface area (Å²) in [6.45, 7) is 18.5. The van der Waals surface area contributed by atoms with Crippen molar-refractivity contribution in [2.75, 3.05) is 0 Å². The van der Waals surface area contributed by atoms with Gasteiger partial charge in [0.25, 0.3) is 5.92 Å². The third kappa shape index (κ3) is 7.74. The molecule has 0 aliphatic carbocycles. The molecule has 0 amide bonds. The van der Waals surface area contributed by atoms with Crippen LogP contribution in [0.25, 0.3) is 16.7 Å². The minimum atomic E-state index is -2.90. The molecule has 2 aromatic heterocycles. The summed E-state index contributed by atoms with van der Waals surface area (Å²) in [6.07, 6.45) is 9.35. The minimum Gasteiger partial charge on any atom is -0.356 e. The molecule has 0 aliphatic rings. The summed E-state index contributed by atoms with van der Waals surface area (Å²) in [5, 5.41) is 11.2. The van der Waals surface area contributed by atoms with Crippen LogP contribution >= 0.6 is 0 Å². The number of H-pyrrole nitrogens is 1. The van der Waals surface area contributed by atoms with Gasteiger partial charge in [-0.05, 0) is 80.2 Å². The lowest BCUT2D eigenvalue weighted by molar-refractivity contribution is 0.0672. The van der Waals surface area contributed by atoms with Gasteiger partial charge in [0.1, 0.15) is 0 Å². The fourth-order valence-corrected chi connectivity index (χ4v) is 3.71. The molecular formula is C30H38F2N4. The molecule has 0 fully saturated rings. The van der Waals surface area contributed by atoms with Gasteiger partial charge in [-0.3, -0.25) is 5.10 Å². The second-order valence-corrected chi connectivity index (χ2v) is 8.85. The van der Waals surface area contributed by atoms with Crippen LogP contribution in [-0.2, 0) is 12.8 Å². The Labute approximate surface area is 213 Å². The number of rotatable bonds is 9. The summed E-state index contributed by atoms with van der Waals surface area (Å²) < 4.78 is 27.0. The monoisotopic (exact) mass is 492 g/mol. The van der Waals surface area contributed by atoms with E-state index >= 15 is 0 Å². The standard InChI is InChI=1S/C21H27F2N.C9H11N3/c1-7-10-17-11-12-18(13-15(17)4)16(5)24-20(9-3)14-19(8-2)21(6,22)23;1-3-7-4-8-6(2)11-12-9(8)10-5-7/h8-9,11-14,24H,3,5,7,10H2,1-2,4,6H3;4-5H,3H2,1-2H3,(H,10,11,12)/b19-8+,20-14+;. The number of nitrogens with one attached hydrogen (secondary N) is 2. The fourth-order valence-electron chi connectivity index (χ4n) is 3.71. The van der Waals surface area contributed by atoms with Crippen molar-refractivity contribution in [1.29, 1.82) is 0 Å². The average Bonchev–Trinajstić information content (AvgIpc) is 3.22. The normalized spacial score (nSPS) is 12.2. The Kier molecular flexibility index (Phi) is 10.3. The maximum atomic E-state index is 13.5. The van der Waals surface area contributed by atoms with Crippen LogP contribution in [0.2, 0.25) is 0 Å². The van der Waals surface area contributed by atoms with Crippen molar-refractivity contribution in [3.05, 3.63) is 101 Å². The largest absolute Gasteiger partial charge is 0.356 e. The predicted molar refractivity (Wildman–Crippen MR) is 148 cm³/mol. The number of aromatic nitrogens is 3. The summed E-state index contributed by atoms with van der Waals surface area (Å²) in [7, 11) is 0.